The lowest BCUT2D eigenvalue weighted by molar-refractivity contribution is 0.0985. The number of hydrogen-bond acceptors (Lipinski definition) is 2. The first-order valence-corrected chi connectivity index (χ1v) is 7.82. The quantitative estimate of drug-likeness (QED) is 0.727. The molecule has 0 saturated heterocycles. The van der Waals surface area contributed by atoms with Crippen LogP contribution in [-0.4, -0.2) is 22.0 Å². The summed E-state index contributed by atoms with van der Waals surface area (Å²) in [7, 11) is 0. The molecular formula is C19H17N3O. The number of rotatable bonds is 2. The van der Waals surface area contributed by atoms with Gasteiger partial charge in [0.1, 0.15) is 0 Å². The van der Waals surface area contributed by atoms with E-state index in [-0.39, 0.29) is 5.91 Å². The Morgan fingerprint density at radius 1 is 1.04 bits per heavy atom. The second kappa shape index (κ2) is 5.72. The number of fused-ring (bicyclic) bond motifs is 1. The highest BCUT2D eigenvalue weighted by Gasteiger charge is 2.24. The van der Waals surface area contributed by atoms with Crippen molar-refractivity contribution in [2.75, 3.05) is 11.4 Å². The zero-order chi connectivity index (χ0) is 15.6. The van der Waals surface area contributed by atoms with E-state index in [2.05, 4.69) is 4.98 Å². The maximum atomic E-state index is 13.0. The molecule has 0 aliphatic carbocycles. The summed E-state index contributed by atoms with van der Waals surface area (Å²) < 4.78 is 2.00. The van der Waals surface area contributed by atoms with E-state index in [4.69, 9.17) is 0 Å². The lowest BCUT2D eigenvalue weighted by Crippen LogP contribution is -2.35. The van der Waals surface area contributed by atoms with Gasteiger partial charge in [0.15, 0.2) is 0 Å². The second-order valence-corrected chi connectivity index (χ2v) is 5.67. The first kappa shape index (κ1) is 13.8. The van der Waals surface area contributed by atoms with Crippen molar-refractivity contribution < 1.29 is 4.79 Å². The molecule has 23 heavy (non-hydrogen) atoms. The normalized spacial score (nSPS) is 13.7. The van der Waals surface area contributed by atoms with Crippen LogP contribution >= 0.6 is 0 Å². The van der Waals surface area contributed by atoms with Crippen molar-refractivity contribution in [3.8, 4) is 5.69 Å². The summed E-state index contributed by atoms with van der Waals surface area (Å²) in [6.07, 6.45) is 7.63. The Hall–Kier alpha value is -2.88. The highest BCUT2D eigenvalue weighted by molar-refractivity contribution is 6.06. The summed E-state index contributed by atoms with van der Waals surface area (Å²) in [6.45, 7) is 0.741. The molecule has 2 aromatic heterocycles. The van der Waals surface area contributed by atoms with Gasteiger partial charge in [-0.1, -0.05) is 6.07 Å². The Balaban J connectivity index is 1.69. The molecule has 114 valence electrons. The number of aromatic nitrogens is 2. The Bertz CT molecular complexity index is 839. The van der Waals surface area contributed by atoms with Crippen LogP contribution in [-0.2, 0) is 6.42 Å². The van der Waals surface area contributed by atoms with Crippen LogP contribution in [0, 0.1) is 0 Å². The van der Waals surface area contributed by atoms with E-state index in [9.17, 15) is 4.79 Å². The van der Waals surface area contributed by atoms with Crippen molar-refractivity contribution in [2.45, 2.75) is 12.8 Å². The molecule has 0 bridgehead atoms. The van der Waals surface area contributed by atoms with Gasteiger partial charge in [-0.25, -0.2) is 0 Å². The molecule has 4 heteroatoms. The fourth-order valence-electron chi connectivity index (χ4n) is 3.07. The van der Waals surface area contributed by atoms with Crippen molar-refractivity contribution >= 4 is 11.6 Å². The number of carbonyl (C=O) groups excluding carboxylic acids is 1. The predicted molar refractivity (Wildman–Crippen MR) is 90.0 cm³/mol. The fraction of sp³-hybridized carbons (Fsp3) is 0.158. The molecule has 1 aromatic carbocycles. The first-order chi connectivity index (χ1) is 11.3. The monoisotopic (exact) mass is 303 g/mol. The summed E-state index contributed by atoms with van der Waals surface area (Å²) in [4.78, 5) is 19.2. The predicted octanol–water partition coefficient (Wildman–Crippen LogP) is 3.47. The van der Waals surface area contributed by atoms with Crippen molar-refractivity contribution in [1.82, 2.24) is 9.55 Å². The van der Waals surface area contributed by atoms with Crippen LogP contribution in [0.2, 0.25) is 0 Å². The zero-order valence-corrected chi connectivity index (χ0v) is 12.7. The van der Waals surface area contributed by atoms with Crippen molar-refractivity contribution in [3.05, 3.63) is 78.4 Å². The van der Waals surface area contributed by atoms with Gasteiger partial charge in [-0.3, -0.25) is 9.78 Å². The van der Waals surface area contributed by atoms with E-state index in [0.717, 1.165) is 36.5 Å². The van der Waals surface area contributed by atoms with Crippen molar-refractivity contribution in [3.63, 3.8) is 0 Å². The molecule has 0 saturated carbocycles. The largest absolute Gasteiger partial charge is 0.324 e. The summed E-state index contributed by atoms with van der Waals surface area (Å²) in [5.74, 6) is 0.0351. The number of pyridine rings is 1. The van der Waals surface area contributed by atoms with Gasteiger partial charge in [0, 0.05) is 36.4 Å². The van der Waals surface area contributed by atoms with Crippen LogP contribution in [0.5, 0.6) is 0 Å². The maximum Gasteiger partial charge on any atom is 0.258 e. The number of carbonyl (C=O) groups is 1. The molecule has 3 aromatic rings. The zero-order valence-electron chi connectivity index (χ0n) is 12.7. The molecule has 4 rings (SSSR count). The first-order valence-electron chi connectivity index (χ1n) is 7.82. The van der Waals surface area contributed by atoms with Gasteiger partial charge in [0.2, 0.25) is 0 Å². The third-order valence-electron chi connectivity index (χ3n) is 4.19. The third-order valence-corrected chi connectivity index (χ3v) is 4.19. The molecule has 0 N–H and O–H groups in total. The van der Waals surface area contributed by atoms with Gasteiger partial charge < -0.3 is 9.47 Å². The van der Waals surface area contributed by atoms with Gasteiger partial charge in [0.05, 0.1) is 11.4 Å². The highest BCUT2D eigenvalue weighted by Crippen LogP contribution is 2.26. The minimum absolute atomic E-state index is 0.0351. The standard InChI is InChI=1S/C19H17N3O/c23-19(22-13-5-8-17-18(22)9-4-10-20-17)15-6-3-7-16(14-15)21-11-1-2-12-21/h1-4,6-7,9-12,14H,5,8,13H2. The third kappa shape index (κ3) is 2.52. The van der Waals surface area contributed by atoms with E-state index < -0.39 is 0 Å². The van der Waals surface area contributed by atoms with Gasteiger partial charge in [-0.2, -0.15) is 0 Å². The van der Waals surface area contributed by atoms with Gasteiger partial charge in [-0.05, 0) is 55.3 Å². The number of aryl methyl sites for hydroxylation is 1. The number of anilines is 1. The molecule has 1 aliphatic rings. The summed E-state index contributed by atoms with van der Waals surface area (Å²) in [5.41, 5.74) is 3.64. The van der Waals surface area contributed by atoms with Crippen molar-refractivity contribution in [2.24, 2.45) is 0 Å². The Labute approximate surface area is 135 Å². The topological polar surface area (TPSA) is 38.1 Å². The lowest BCUT2D eigenvalue weighted by atomic mass is 10.1. The Kier molecular flexibility index (Phi) is 3.42. The van der Waals surface area contributed by atoms with Crippen LogP contribution in [0.3, 0.4) is 0 Å². The highest BCUT2D eigenvalue weighted by atomic mass is 16.2. The second-order valence-electron chi connectivity index (χ2n) is 5.67. The molecule has 0 spiro atoms. The minimum atomic E-state index is 0.0351. The van der Waals surface area contributed by atoms with E-state index in [1.165, 1.54) is 0 Å². The number of nitrogens with zero attached hydrogens (tertiary/aromatic N) is 3. The molecule has 1 aliphatic heterocycles. The molecule has 1 amide bonds. The van der Waals surface area contributed by atoms with Crippen LogP contribution in [0.15, 0.2) is 67.1 Å². The Morgan fingerprint density at radius 3 is 2.78 bits per heavy atom. The number of amides is 1. The number of hydrogen-bond donors (Lipinski definition) is 0. The average Bonchev–Trinajstić information content (AvgIpc) is 3.15. The molecule has 4 nitrogen and oxygen atoms in total. The van der Waals surface area contributed by atoms with Gasteiger partial charge in [0.25, 0.3) is 5.91 Å². The molecule has 0 unspecified atom stereocenters. The summed E-state index contributed by atoms with van der Waals surface area (Å²) >= 11 is 0. The number of benzene rings is 1. The van der Waals surface area contributed by atoms with Gasteiger partial charge in [-0.15, -0.1) is 0 Å². The molecule has 0 atom stereocenters. The minimum Gasteiger partial charge on any atom is -0.324 e. The molecule has 0 radical (unpaired) electrons. The van der Waals surface area contributed by atoms with E-state index >= 15 is 0 Å². The maximum absolute atomic E-state index is 13.0. The van der Waals surface area contributed by atoms with E-state index in [0.29, 0.717) is 5.56 Å². The average molecular weight is 303 g/mol. The SMILES string of the molecule is O=C(c1cccc(-n2cccc2)c1)N1CCCc2ncccc21. The summed E-state index contributed by atoms with van der Waals surface area (Å²) in [5, 5.41) is 0. The van der Waals surface area contributed by atoms with Crippen LogP contribution in [0.25, 0.3) is 5.69 Å². The molecular weight excluding hydrogens is 286 g/mol. The molecule has 0 fully saturated rings. The fourth-order valence-corrected chi connectivity index (χ4v) is 3.07. The summed E-state index contributed by atoms with van der Waals surface area (Å²) in [6, 6.07) is 15.6. The lowest BCUT2D eigenvalue weighted by Gasteiger charge is -2.28. The van der Waals surface area contributed by atoms with Crippen LogP contribution in [0.4, 0.5) is 5.69 Å². The van der Waals surface area contributed by atoms with E-state index in [1.807, 2.05) is 70.4 Å². The van der Waals surface area contributed by atoms with Gasteiger partial charge >= 0.3 is 0 Å². The Morgan fingerprint density at radius 2 is 1.91 bits per heavy atom. The molecule has 3 heterocycles. The smallest absolute Gasteiger partial charge is 0.258 e. The van der Waals surface area contributed by atoms with Crippen molar-refractivity contribution in [1.29, 1.82) is 0 Å². The van der Waals surface area contributed by atoms with Crippen LogP contribution in [0.1, 0.15) is 22.5 Å². The van der Waals surface area contributed by atoms with E-state index in [1.54, 1.807) is 6.20 Å². The van der Waals surface area contributed by atoms with Crippen LogP contribution < -0.4 is 4.90 Å².